The van der Waals surface area contributed by atoms with E-state index in [0.29, 0.717) is 10.0 Å². The second kappa shape index (κ2) is 5.64. The lowest BCUT2D eigenvalue weighted by molar-refractivity contribution is -0.109. The highest BCUT2D eigenvalue weighted by Gasteiger charge is 2.00. The third-order valence-electron chi connectivity index (χ3n) is 1.68. The Morgan fingerprint density at radius 2 is 2.07 bits per heavy atom. The summed E-state index contributed by atoms with van der Waals surface area (Å²) in [6.07, 6.45) is 0.834. The Hall–Kier alpha value is -0.180. The quantitative estimate of drug-likeness (QED) is 0.810. The fourth-order valence-corrected chi connectivity index (χ4v) is 1.95. The summed E-state index contributed by atoms with van der Waals surface area (Å²) < 4.78 is 0. The van der Waals surface area contributed by atoms with Crippen LogP contribution in [0, 0.1) is 0 Å². The average molecular weight is 249 g/mol. The minimum atomic E-state index is 0.144. The van der Waals surface area contributed by atoms with Crippen LogP contribution in [0.2, 0.25) is 10.0 Å². The lowest BCUT2D eigenvalue weighted by Crippen LogP contribution is -1.91. The second-order valence-electron chi connectivity index (χ2n) is 2.84. The molecule has 14 heavy (non-hydrogen) atoms. The second-order valence-corrected chi connectivity index (χ2v) is 4.92. The molecule has 4 heteroatoms. The molecular formula is C10H10Cl2OS. The van der Waals surface area contributed by atoms with Gasteiger partial charge in [0.05, 0.1) is 10.0 Å². The van der Waals surface area contributed by atoms with Crippen molar-refractivity contribution >= 4 is 40.1 Å². The largest absolute Gasteiger partial charge is 0.288 e. The van der Waals surface area contributed by atoms with Crippen molar-refractivity contribution in [1.29, 1.82) is 0 Å². The van der Waals surface area contributed by atoms with Crippen LogP contribution in [0.25, 0.3) is 0 Å². The van der Waals surface area contributed by atoms with Gasteiger partial charge in [0.2, 0.25) is 0 Å². The maximum Gasteiger partial charge on any atom is 0.185 e. The van der Waals surface area contributed by atoms with E-state index in [-0.39, 0.29) is 5.12 Å². The molecule has 0 unspecified atom stereocenters. The van der Waals surface area contributed by atoms with E-state index in [2.05, 4.69) is 0 Å². The Bertz CT molecular complexity index is 339. The number of hydrogen-bond donors (Lipinski definition) is 0. The predicted octanol–water partition coefficient (Wildman–Crippen LogP) is 3.82. The molecule has 0 saturated heterocycles. The van der Waals surface area contributed by atoms with E-state index in [1.165, 1.54) is 11.8 Å². The summed E-state index contributed by atoms with van der Waals surface area (Å²) in [5.74, 6) is 0.785. The predicted molar refractivity (Wildman–Crippen MR) is 63.3 cm³/mol. The van der Waals surface area contributed by atoms with Crippen molar-refractivity contribution in [3.8, 4) is 0 Å². The van der Waals surface area contributed by atoms with Gasteiger partial charge in [-0.3, -0.25) is 4.79 Å². The molecule has 1 nitrogen and oxygen atoms in total. The first-order valence-corrected chi connectivity index (χ1v) is 5.91. The lowest BCUT2D eigenvalue weighted by atomic mass is 10.2. The summed E-state index contributed by atoms with van der Waals surface area (Å²) >= 11 is 12.9. The Labute approximate surface area is 97.8 Å². The molecule has 0 aliphatic carbocycles. The first-order valence-electron chi connectivity index (χ1n) is 4.17. The summed E-state index contributed by atoms with van der Waals surface area (Å²) in [5.41, 5.74) is 1.10. The maximum absolute atomic E-state index is 10.7. The maximum atomic E-state index is 10.7. The van der Waals surface area contributed by atoms with Gasteiger partial charge in [0, 0.05) is 12.7 Å². The topological polar surface area (TPSA) is 17.1 Å². The summed E-state index contributed by atoms with van der Waals surface area (Å²) in [6.45, 7) is 1.57. The standard InChI is InChI=1S/C10H10Cl2OS/c1-7(13)14-5-4-8-2-3-9(11)10(12)6-8/h2-3,6H,4-5H2,1H3. The van der Waals surface area contributed by atoms with Crippen LogP contribution in [0.3, 0.4) is 0 Å². The molecule has 1 rings (SSSR count). The molecule has 0 N–H and O–H groups in total. The highest BCUT2D eigenvalue weighted by Crippen LogP contribution is 2.23. The minimum Gasteiger partial charge on any atom is -0.288 e. The van der Waals surface area contributed by atoms with Crippen molar-refractivity contribution in [2.24, 2.45) is 0 Å². The Morgan fingerprint density at radius 3 is 2.64 bits per heavy atom. The van der Waals surface area contributed by atoms with E-state index in [4.69, 9.17) is 23.2 Å². The van der Waals surface area contributed by atoms with E-state index in [0.717, 1.165) is 17.7 Å². The zero-order chi connectivity index (χ0) is 10.6. The van der Waals surface area contributed by atoms with Gasteiger partial charge < -0.3 is 0 Å². The Balaban J connectivity index is 2.51. The molecule has 0 bridgehead atoms. The van der Waals surface area contributed by atoms with Gasteiger partial charge in [0.25, 0.3) is 0 Å². The number of carbonyl (C=O) groups is 1. The van der Waals surface area contributed by atoms with Gasteiger partial charge in [-0.15, -0.1) is 0 Å². The summed E-state index contributed by atoms with van der Waals surface area (Å²) in [6, 6.07) is 5.54. The Morgan fingerprint density at radius 1 is 1.36 bits per heavy atom. The minimum absolute atomic E-state index is 0.144. The summed E-state index contributed by atoms with van der Waals surface area (Å²) in [5, 5.41) is 1.27. The van der Waals surface area contributed by atoms with Crippen LogP contribution in [0.5, 0.6) is 0 Å². The van der Waals surface area contributed by atoms with Gasteiger partial charge in [-0.05, 0) is 24.1 Å². The van der Waals surface area contributed by atoms with Crippen LogP contribution < -0.4 is 0 Å². The number of thioether (sulfide) groups is 1. The highest BCUT2D eigenvalue weighted by atomic mass is 35.5. The average Bonchev–Trinajstić information content (AvgIpc) is 2.10. The molecule has 0 heterocycles. The fourth-order valence-electron chi connectivity index (χ4n) is 1.01. The van der Waals surface area contributed by atoms with Crippen LogP contribution in [-0.4, -0.2) is 10.9 Å². The van der Waals surface area contributed by atoms with E-state index in [9.17, 15) is 4.79 Å². The van der Waals surface area contributed by atoms with Gasteiger partial charge >= 0.3 is 0 Å². The molecule has 0 spiro atoms. The number of aryl methyl sites for hydroxylation is 1. The molecule has 76 valence electrons. The number of halogens is 2. The summed E-state index contributed by atoms with van der Waals surface area (Å²) in [7, 11) is 0. The Kier molecular flexibility index (Phi) is 4.79. The highest BCUT2D eigenvalue weighted by molar-refractivity contribution is 8.13. The van der Waals surface area contributed by atoms with Crippen LogP contribution in [0.15, 0.2) is 18.2 Å². The van der Waals surface area contributed by atoms with Gasteiger partial charge in [-0.1, -0.05) is 41.0 Å². The van der Waals surface area contributed by atoms with Crippen LogP contribution in [0.1, 0.15) is 12.5 Å². The summed E-state index contributed by atoms with van der Waals surface area (Å²) in [4.78, 5) is 10.7. The first kappa shape index (κ1) is 11.9. The normalized spacial score (nSPS) is 10.2. The van der Waals surface area contributed by atoms with Crippen molar-refractivity contribution in [2.75, 3.05) is 5.75 Å². The van der Waals surface area contributed by atoms with Crippen molar-refractivity contribution < 1.29 is 4.79 Å². The van der Waals surface area contributed by atoms with Crippen LogP contribution >= 0.6 is 35.0 Å². The molecule has 0 radical (unpaired) electrons. The molecule has 0 atom stereocenters. The zero-order valence-corrected chi connectivity index (χ0v) is 10.0. The van der Waals surface area contributed by atoms with Crippen LogP contribution in [-0.2, 0) is 11.2 Å². The number of hydrogen-bond acceptors (Lipinski definition) is 2. The molecule has 0 saturated carbocycles. The molecule has 0 aliphatic rings. The van der Waals surface area contributed by atoms with Crippen molar-refractivity contribution in [3.63, 3.8) is 0 Å². The number of carbonyl (C=O) groups excluding carboxylic acids is 1. The molecule has 0 fully saturated rings. The van der Waals surface area contributed by atoms with Crippen molar-refractivity contribution in [3.05, 3.63) is 33.8 Å². The first-order chi connectivity index (χ1) is 6.59. The fraction of sp³-hybridized carbons (Fsp3) is 0.300. The van der Waals surface area contributed by atoms with Crippen LogP contribution in [0.4, 0.5) is 0 Å². The van der Waals surface area contributed by atoms with E-state index < -0.39 is 0 Å². The van der Waals surface area contributed by atoms with Crippen molar-refractivity contribution in [2.45, 2.75) is 13.3 Å². The lowest BCUT2D eigenvalue weighted by Gasteiger charge is -2.01. The monoisotopic (exact) mass is 248 g/mol. The SMILES string of the molecule is CC(=O)SCCc1ccc(Cl)c(Cl)c1. The molecule has 1 aromatic rings. The van der Waals surface area contributed by atoms with Gasteiger partial charge in [-0.25, -0.2) is 0 Å². The molecular weight excluding hydrogens is 239 g/mol. The molecule has 0 aromatic heterocycles. The van der Waals surface area contributed by atoms with Gasteiger partial charge in [-0.2, -0.15) is 0 Å². The third-order valence-corrected chi connectivity index (χ3v) is 3.23. The molecule has 0 amide bonds. The smallest absolute Gasteiger partial charge is 0.185 e. The van der Waals surface area contributed by atoms with E-state index in [1.807, 2.05) is 12.1 Å². The number of rotatable bonds is 3. The van der Waals surface area contributed by atoms with E-state index >= 15 is 0 Å². The third kappa shape index (κ3) is 3.91. The molecule has 0 aliphatic heterocycles. The molecule has 1 aromatic carbocycles. The van der Waals surface area contributed by atoms with Gasteiger partial charge in [0.1, 0.15) is 0 Å². The van der Waals surface area contributed by atoms with Gasteiger partial charge in [0.15, 0.2) is 5.12 Å². The zero-order valence-electron chi connectivity index (χ0n) is 7.72. The van der Waals surface area contributed by atoms with Crippen molar-refractivity contribution in [1.82, 2.24) is 0 Å². The number of benzene rings is 1. The van der Waals surface area contributed by atoms with E-state index in [1.54, 1.807) is 13.0 Å².